The molecule has 1 heterocycles. The maximum absolute atomic E-state index is 13.1. The van der Waals surface area contributed by atoms with E-state index in [1.54, 1.807) is 24.0 Å². The van der Waals surface area contributed by atoms with Crippen LogP contribution in [0.4, 0.5) is 14.9 Å². The Kier molecular flexibility index (Phi) is 5.24. The van der Waals surface area contributed by atoms with Crippen molar-refractivity contribution in [3.63, 3.8) is 0 Å². The van der Waals surface area contributed by atoms with Gasteiger partial charge in [-0.05, 0) is 43.3 Å². The van der Waals surface area contributed by atoms with E-state index >= 15 is 0 Å². The van der Waals surface area contributed by atoms with E-state index in [2.05, 4.69) is 5.32 Å². The number of urea groups is 1. The van der Waals surface area contributed by atoms with Crippen molar-refractivity contribution in [3.8, 4) is 0 Å². The number of hydrogen-bond donors (Lipinski definition) is 1. The molecule has 3 rings (SSSR count). The predicted molar refractivity (Wildman–Crippen MR) is 96.8 cm³/mol. The lowest BCUT2D eigenvalue weighted by Crippen LogP contribution is -2.56. The van der Waals surface area contributed by atoms with Gasteiger partial charge >= 0.3 is 6.03 Å². The van der Waals surface area contributed by atoms with E-state index in [4.69, 9.17) is 0 Å². The van der Waals surface area contributed by atoms with Crippen LogP contribution < -0.4 is 5.32 Å². The van der Waals surface area contributed by atoms with Crippen LogP contribution in [0.3, 0.4) is 0 Å². The van der Waals surface area contributed by atoms with E-state index in [1.807, 2.05) is 18.2 Å². The number of carbonyl (C=O) groups is 1. The molecule has 0 aromatic heterocycles. The number of rotatable bonds is 3. The Labute approximate surface area is 152 Å². The molecule has 0 bridgehead atoms. The Morgan fingerprint density at radius 1 is 1.08 bits per heavy atom. The van der Waals surface area contributed by atoms with Gasteiger partial charge in [0.2, 0.25) is 10.0 Å². The molecular formula is C18H20FN3O3S. The molecule has 2 aromatic rings. The average Bonchev–Trinajstić information content (AvgIpc) is 2.62. The number of piperazine rings is 1. The van der Waals surface area contributed by atoms with E-state index < -0.39 is 15.8 Å². The third kappa shape index (κ3) is 3.86. The minimum Gasteiger partial charge on any atom is -0.322 e. The zero-order chi connectivity index (χ0) is 18.7. The lowest BCUT2D eigenvalue weighted by atomic mass is 10.2. The number of sulfonamides is 1. The first-order valence-electron chi connectivity index (χ1n) is 8.26. The number of anilines is 1. The van der Waals surface area contributed by atoms with Crippen LogP contribution in [0, 0.1) is 5.82 Å². The van der Waals surface area contributed by atoms with Crippen LogP contribution in [0.1, 0.15) is 6.92 Å². The summed E-state index contributed by atoms with van der Waals surface area (Å²) in [6.07, 6.45) is 0. The first-order valence-corrected chi connectivity index (χ1v) is 9.70. The number of amides is 2. The Bertz CT molecular complexity index is 872. The Hall–Kier alpha value is -2.45. The Morgan fingerprint density at radius 3 is 2.35 bits per heavy atom. The zero-order valence-corrected chi connectivity index (χ0v) is 15.1. The second-order valence-electron chi connectivity index (χ2n) is 6.16. The molecule has 1 aliphatic heterocycles. The van der Waals surface area contributed by atoms with Gasteiger partial charge in [0.05, 0.1) is 4.90 Å². The van der Waals surface area contributed by atoms with Crippen molar-refractivity contribution in [2.45, 2.75) is 17.9 Å². The van der Waals surface area contributed by atoms with E-state index in [0.717, 1.165) is 12.1 Å². The fourth-order valence-corrected chi connectivity index (χ4v) is 4.56. The molecule has 0 radical (unpaired) electrons. The third-order valence-electron chi connectivity index (χ3n) is 4.30. The second kappa shape index (κ2) is 7.43. The summed E-state index contributed by atoms with van der Waals surface area (Å²) in [5.74, 6) is -0.487. The molecule has 2 amide bonds. The number of halogens is 1. The smallest absolute Gasteiger partial charge is 0.321 e. The van der Waals surface area contributed by atoms with Gasteiger partial charge in [-0.3, -0.25) is 0 Å². The average molecular weight is 377 g/mol. The van der Waals surface area contributed by atoms with Gasteiger partial charge in [0, 0.05) is 31.4 Å². The van der Waals surface area contributed by atoms with Crippen LogP contribution >= 0.6 is 0 Å². The molecule has 8 heteroatoms. The van der Waals surface area contributed by atoms with Crippen molar-refractivity contribution in [2.24, 2.45) is 0 Å². The lowest BCUT2D eigenvalue weighted by molar-refractivity contribution is 0.157. The van der Waals surface area contributed by atoms with Crippen LogP contribution in [0.2, 0.25) is 0 Å². The molecule has 1 N–H and O–H groups in total. The number of hydrogen-bond acceptors (Lipinski definition) is 3. The lowest BCUT2D eigenvalue weighted by Gasteiger charge is -2.38. The monoisotopic (exact) mass is 377 g/mol. The molecule has 6 nitrogen and oxygen atoms in total. The first-order chi connectivity index (χ1) is 12.4. The molecule has 1 fully saturated rings. The van der Waals surface area contributed by atoms with E-state index in [0.29, 0.717) is 5.69 Å². The normalized spacial score (nSPS) is 18.5. The fourth-order valence-electron chi connectivity index (χ4n) is 2.95. The molecule has 1 saturated heterocycles. The summed E-state index contributed by atoms with van der Waals surface area (Å²) in [7, 11) is -3.73. The van der Waals surface area contributed by atoms with Crippen molar-refractivity contribution >= 4 is 21.7 Å². The van der Waals surface area contributed by atoms with Gasteiger partial charge < -0.3 is 10.2 Å². The molecule has 0 spiro atoms. The van der Waals surface area contributed by atoms with Crippen molar-refractivity contribution in [1.82, 2.24) is 9.21 Å². The van der Waals surface area contributed by atoms with Gasteiger partial charge in [0.1, 0.15) is 5.82 Å². The highest BCUT2D eigenvalue weighted by molar-refractivity contribution is 7.89. The highest BCUT2D eigenvalue weighted by atomic mass is 32.2. The maximum atomic E-state index is 13.1. The molecule has 1 atom stereocenters. The highest BCUT2D eigenvalue weighted by Gasteiger charge is 2.35. The largest absolute Gasteiger partial charge is 0.322 e. The standard InChI is InChI=1S/C18H20FN3O3S/c1-14-13-21(18(23)20-16-5-3-2-4-6-16)11-12-22(14)26(24,25)17-9-7-15(19)8-10-17/h2-10,14H,11-13H2,1H3,(H,20,23)/t14-/m0/s1. The molecule has 1 aliphatic rings. The predicted octanol–water partition coefficient (Wildman–Crippen LogP) is 2.75. The highest BCUT2D eigenvalue weighted by Crippen LogP contribution is 2.22. The summed E-state index contributed by atoms with van der Waals surface area (Å²) < 4.78 is 39.9. The minimum atomic E-state index is -3.73. The zero-order valence-electron chi connectivity index (χ0n) is 14.3. The van der Waals surface area contributed by atoms with Gasteiger partial charge in [0.25, 0.3) is 0 Å². The molecule has 138 valence electrons. The van der Waals surface area contributed by atoms with E-state index in [9.17, 15) is 17.6 Å². The number of nitrogens with zero attached hydrogens (tertiary/aromatic N) is 2. The molecule has 0 saturated carbocycles. The van der Waals surface area contributed by atoms with Gasteiger partial charge in [0.15, 0.2) is 0 Å². The van der Waals surface area contributed by atoms with Gasteiger partial charge in [-0.15, -0.1) is 0 Å². The molecule has 0 unspecified atom stereocenters. The molecule has 2 aromatic carbocycles. The number of carbonyl (C=O) groups excluding carboxylic acids is 1. The van der Waals surface area contributed by atoms with Crippen LogP contribution in [0.5, 0.6) is 0 Å². The number of para-hydroxylation sites is 1. The Morgan fingerprint density at radius 2 is 1.73 bits per heavy atom. The maximum Gasteiger partial charge on any atom is 0.321 e. The fraction of sp³-hybridized carbons (Fsp3) is 0.278. The number of benzene rings is 2. The molecule has 26 heavy (non-hydrogen) atoms. The van der Waals surface area contributed by atoms with Gasteiger partial charge in [-0.25, -0.2) is 17.6 Å². The van der Waals surface area contributed by atoms with Crippen LogP contribution in [0.25, 0.3) is 0 Å². The summed E-state index contributed by atoms with van der Waals surface area (Å²) >= 11 is 0. The van der Waals surface area contributed by atoms with Crippen molar-refractivity contribution in [3.05, 3.63) is 60.4 Å². The molecular weight excluding hydrogens is 357 g/mol. The Balaban J connectivity index is 1.68. The van der Waals surface area contributed by atoms with Crippen molar-refractivity contribution in [2.75, 3.05) is 25.0 Å². The summed E-state index contributed by atoms with van der Waals surface area (Å²) in [6, 6.07) is 13.2. The summed E-state index contributed by atoms with van der Waals surface area (Å²) in [5, 5.41) is 2.80. The van der Waals surface area contributed by atoms with Crippen LogP contribution in [0.15, 0.2) is 59.5 Å². The number of nitrogens with one attached hydrogen (secondary N) is 1. The summed E-state index contributed by atoms with van der Waals surface area (Å²) in [5.41, 5.74) is 0.687. The minimum absolute atomic E-state index is 0.0490. The molecule has 0 aliphatic carbocycles. The van der Waals surface area contributed by atoms with E-state index in [1.165, 1.54) is 16.4 Å². The van der Waals surface area contributed by atoms with Crippen LogP contribution in [-0.2, 0) is 10.0 Å². The SMILES string of the molecule is C[C@H]1CN(C(=O)Nc2ccccc2)CCN1S(=O)(=O)c1ccc(F)cc1. The summed E-state index contributed by atoms with van der Waals surface area (Å²) in [4.78, 5) is 14.0. The topological polar surface area (TPSA) is 69.7 Å². The van der Waals surface area contributed by atoms with Gasteiger partial charge in [-0.2, -0.15) is 4.31 Å². The quantitative estimate of drug-likeness (QED) is 0.894. The van der Waals surface area contributed by atoms with Gasteiger partial charge in [-0.1, -0.05) is 18.2 Å². The third-order valence-corrected chi connectivity index (χ3v) is 6.33. The van der Waals surface area contributed by atoms with Crippen LogP contribution in [-0.4, -0.2) is 49.3 Å². The van der Waals surface area contributed by atoms with Crippen molar-refractivity contribution < 1.29 is 17.6 Å². The first kappa shape index (κ1) is 18.3. The van der Waals surface area contributed by atoms with Crippen molar-refractivity contribution in [1.29, 1.82) is 0 Å². The second-order valence-corrected chi connectivity index (χ2v) is 8.05. The summed E-state index contributed by atoms with van der Waals surface area (Å²) in [6.45, 7) is 2.49. The van der Waals surface area contributed by atoms with E-state index in [-0.39, 0.29) is 36.6 Å².